The van der Waals surface area contributed by atoms with E-state index in [0.717, 1.165) is 16.7 Å². The number of carbonyl (C=O) groups excluding carboxylic acids is 2. The summed E-state index contributed by atoms with van der Waals surface area (Å²) in [6.07, 6.45) is 1.76. The molecule has 0 aliphatic rings. The first kappa shape index (κ1) is 29.9. The van der Waals surface area contributed by atoms with Gasteiger partial charge in [-0.05, 0) is 69.1 Å². The van der Waals surface area contributed by atoms with Gasteiger partial charge in [0.1, 0.15) is 12.2 Å². The monoisotopic (exact) mass is 511 g/mol. The molecule has 0 radical (unpaired) electrons. The van der Waals surface area contributed by atoms with Crippen LogP contribution in [-0.2, 0) is 38.6 Å². The Kier molecular flexibility index (Phi) is 11.6. The highest BCUT2D eigenvalue weighted by Gasteiger charge is 2.36. The van der Waals surface area contributed by atoms with Crippen molar-refractivity contribution in [3.63, 3.8) is 0 Å². The number of carboxylic acids is 1. The van der Waals surface area contributed by atoms with E-state index in [1.165, 1.54) is 0 Å². The predicted molar refractivity (Wildman–Crippen MR) is 143 cm³/mol. The number of benzene rings is 2. The van der Waals surface area contributed by atoms with Crippen LogP contribution in [0.15, 0.2) is 54.6 Å². The van der Waals surface area contributed by atoms with Crippen LogP contribution in [0.1, 0.15) is 70.6 Å². The molecule has 1 amide bonds. The maximum Gasteiger partial charge on any atom is 0.407 e. The number of aliphatic carboxylic acids is 1. The second kappa shape index (κ2) is 14.4. The van der Waals surface area contributed by atoms with Gasteiger partial charge in [0.05, 0.1) is 11.8 Å². The molecule has 2 atom stereocenters. The molecule has 7 nitrogen and oxygen atoms in total. The van der Waals surface area contributed by atoms with Crippen molar-refractivity contribution < 1.29 is 29.0 Å². The highest BCUT2D eigenvalue weighted by Crippen LogP contribution is 2.29. The molecule has 2 rings (SSSR count). The van der Waals surface area contributed by atoms with Crippen LogP contribution in [0.25, 0.3) is 0 Å². The van der Waals surface area contributed by atoms with Crippen LogP contribution in [0.5, 0.6) is 0 Å². The zero-order valence-corrected chi connectivity index (χ0v) is 22.7. The lowest BCUT2D eigenvalue weighted by Gasteiger charge is -2.28. The van der Waals surface area contributed by atoms with Crippen molar-refractivity contribution in [3.05, 3.63) is 71.3 Å². The van der Waals surface area contributed by atoms with Gasteiger partial charge < -0.3 is 19.9 Å². The number of hydrogen-bond donors (Lipinski definition) is 2. The minimum absolute atomic E-state index is 0.155. The standard InChI is InChI=1S/C30H41NO6/c1-21(2)18-26(27(32)33)25(28(34)37-30(3,4)5)13-9-12-22-14-16-23(17-15-22)19-31-29(35)36-20-24-10-7-6-8-11-24/h6-8,10-11,14-17,21,25-26H,9,12-13,18-20H2,1-5H3,(H,31,35)(H,32,33). The molecule has 0 heterocycles. The number of esters is 1. The molecule has 0 fully saturated rings. The van der Waals surface area contributed by atoms with Gasteiger partial charge in [-0.15, -0.1) is 0 Å². The van der Waals surface area contributed by atoms with Crippen molar-refractivity contribution in [1.82, 2.24) is 5.32 Å². The Labute approximate surface area is 220 Å². The maximum atomic E-state index is 12.9. The molecule has 2 aromatic rings. The number of alkyl carbamates (subject to hydrolysis) is 1. The van der Waals surface area contributed by atoms with Crippen molar-refractivity contribution in [2.75, 3.05) is 0 Å². The van der Waals surface area contributed by atoms with Crippen LogP contribution in [0, 0.1) is 17.8 Å². The smallest absolute Gasteiger partial charge is 0.407 e. The Morgan fingerprint density at radius 1 is 0.892 bits per heavy atom. The number of ether oxygens (including phenoxy) is 2. The van der Waals surface area contributed by atoms with E-state index < -0.39 is 35.5 Å². The number of hydrogen-bond acceptors (Lipinski definition) is 5. The fraction of sp³-hybridized carbons (Fsp3) is 0.500. The minimum atomic E-state index is -0.955. The summed E-state index contributed by atoms with van der Waals surface area (Å²) in [4.78, 5) is 36.9. The number of carboxylic acid groups (broad SMARTS) is 1. The zero-order chi connectivity index (χ0) is 27.4. The normalized spacial score (nSPS) is 13.0. The average Bonchev–Trinajstić information content (AvgIpc) is 2.83. The Morgan fingerprint density at radius 3 is 2.08 bits per heavy atom. The quantitative estimate of drug-likeness (QED) is 0.313. The molecule has 0 saturated heterocycles. The predicted octanol–water partition coefficient (Wildman–Crippen LogP) is 6.14. The highest BCUT2D eigenvalue weighted by atomic mass is 16.6. The maximum absolute atomic E-state index is 12.9. The summed E-state index contributed by atoms with van der Waals surface area (Å²) in [5.41, 5.74) is 2.27. The van der Waals surface area contributed by atoms with Crippen LogP contribution in [0.4, 0.5) is 4.79 Å². The third-order valence-corrected chi connectivity index (χ3v) is 5.89. The van der Waals surface area contributed by atoms with E-state index in [4.69, 9.17) is 9.47 Å². The van der Waals surface area contributed by atoms with E-state index in [1.807, 2.05) is 68.4 Å². The third-order valence-electron chi connectivity index (χ3n) is 5.89. The fourth-order valence-corrected chi connectivity index (χ4v) is 4.10. The van der Waals surface area contributed by atoms with Crippen molar-refractivity contribution in [3.8, 4) is 0 Å². The number of aryl methyl sites for hydroxylation is 1. The summed E-state index contributed by atoms with van der Waals surface area (Å²) in [6, 6.07) is 17.3. The van der Waals surface area contributed by atoms with Crippen molar-refractivity contribution in [2.24, 2.45) is 17.8 Å². The zero-order valence-electron chi connectivity index (χ0n) is 22.7. The Balaban J connectivity index is 1.88. The first-order chi connectivity index (χ1) is 17.4. The summed E-state index contributed by atoms with van der Waals surface area (Å²) < 4.78 is 10.8. The number of rotatable bonds is 13. The van der Waals surface area contributed by atoms with E-state index in [1.54, 1.807) is 20.8 Å². The SMILES string of the molecule is CC(C)CC(C(=O)O)C(CCCc1ccc(CNC(=O)OCc2ccccc2)cc1)C(=O)OC(C)(C)C. The van der Waals surface area contributed by atoms with Gasteiger partial charge in [0.25, 0.3) is 0 Å². The molecular weight excluding hydrogens is 470 g/mol. The summed E-state index contributed by atoms with van der Waals surface area (Å²) in [5, 5.41) is 12.6. The lowest BCUT2D eigenvalue weighted by Crippen LogP contribution is -2.36. The van der Waals surface area contributed by atoms with Gasteiger partial charge in [-0.1, -0.05) is 68.4 Å². The largest absolute Gasteiger partial charge is 0.481 e. The van der Waals surface area contributed by atoms with Crippen molar-refractivity contribution in [2.45, 2.75) is 79.1 Å². The van der Waals surface area contributed by atoms with Gasteiger partial charge in [0.2, 0.25) is 0 Å². The Bertz CT molecular complexity index is 995. The molecule has 7 heteroatoms. The first-order valence-electron chi connectivity index (χ1n) is 12.9. The molecule has 0 aliphatic carbocycles. The Morgan fingerprint density at radius 2 is 1.51 bits per heavy atom. The van der Waals surface area contributed by atoms with Crippen LogP contribution < -0.4 is 5.32 Å². The number of carbonyl (C=O) groups is 3. The molecule has 2 unspecified atom stereocenters. The lowest BCUT2D eigenvalue weighted by molar-refractivity contribution is -0.167. The molecule has 0 aromatic heterocycles. The summed E-state index contributed by atoms with van der Waals surface area (Å²) >= 11 is 0. The molecule has 0 aliphatic heterocycles. The molecule has 2 N–H and O–H groups in total. The van der Waals surface area contributed by atoms with Gasteiger partial charge in [-0.2, -0.15) is 0 Å². The summed E-state index contributed by atoms with van der Waals surface area (Å²) in [7, 11) is 0. The van der Waals surface area contributed by atoms with E-state index in [-0.39, 0.29) is 12.5 Å². The van der Waals surface area contributed by atoms with Crippen molar-refractivity contribution >= 4 is 18.0 Å². The van der Waals surface area contributed by atoms with Crippen LogP contribution in [-0.4, -0.2) is 28.7 Å². The first-order valence-corrected chi connectivity index (χ1v) is 12.9. The Hall–Kier alpha value is -3.35. The molecule has 0 spiro atoms. The number of nitrogens with one attached hydrogen (secondary N) is 1. The number of amides is 1. The fourth-order valence-electron chi connectivity index (χ4n) is 4.10. The van der Waals surface area contributed by atoms with Crippen molar-refractivity contribution in [1.29, 1.82) is 0 Å². The van der Waals surface area contributed by atoms with Gasteiger partial charge in [-0.25, -0.2) is 4.79 Å². The molecule has 2 aromatic carbocycles. The van der Waals surface area contributed by atoms with Gasteiger partial charge in [0, 0.05) is 6.54 Å². The van der Waals surface area contributed by atoms with E-state index in [0.29, 0.717) is 32.2 Å². The van der Waals surface area contributed by atoms with Gasteiger partial charge in [-0.3, -0.25) is 9.59 Å². The molecule has 37 heavy (non-hydrogen) atoms. The third kappa shape index (κ3) is 11.5. The van der Waals surface area contributed by atoms with E-state index in [2.05, 4.69) is 5.32 Å². The lowest BCUT2D eigenvalue weighted by atomic mass is 9.82. The van der Waals surface area contributed by atoms with Gasteiger partial charge >= 0.3 is 18.0 Å². The van der Waals surface area contributed by atoms with Gasteiger partial charge in [0.15, 0.2) is 0 Å². The second-order valence-electron chi connectivity index (χ2n) is 10.8. The molecular formula is C30H41NO6. The molecule has 0 bridgehead atoms. The minimum Gasteiger partial charge on any atom is -0.481 e. The molecule has 0 saturated carbocycles. The van der Waals surface area contributed by atoms with Crippen LogP contribution in [0.2, 0.25) is 0 Å². The van der Waals surface area contributed by atoms with E-state index >= 15 is 0 Å². The summed E-state index contributed by atoms with van der Waals surface area (Å²) in [6.45, 7) is 9.86. The second-order valence-corrected chi connectivity index (χ2v) is 10.8. The van der Waals surface area contributed by atoms with Crippen LogP contribution >= 0.6 is 0 Å². The topological polar surface area (TPSA) is 102 Å². The van der Waals surface area contributed by atoms with Crippen LogP contribution in [0.3, 0.4) is 0 Å². The molecule has 202 valence electrons. The average molecular weight is 512 g/mol. The highest BCUT2D eigenvalue weighted by molar-refractivity contribution is 5.81. The van der Waals surface area contributed by atoms with E-state index in [9.17, 15) is 19.5 Å². The summed E-state index contributed by atoms with van der Waals surface area (Å²) in [5.74, 6) is -2.71.